The minimum absolute atomic E-state index is 0.184. The largest absolute Gasteiger partial charge is 0.497 e. The first kappa shape index (κ1) is 14.7. The van der Waals surface area contributed by atoms with Crippen molar-refractivity contribution >= 4 is 5.69 Å². The molecule has 4 heteroatoms. The SMILES string of the molecule is COc1ccc2c(c1)[C@@H]1OCCC[C@@H]1[C@H](CCCCO)N2. The van der Waals surface area contributed by atoms with Crippen molar-refractivity contribution in [1.82, 2.24) is 0 Å². The van der Waals surface area contributed by atoms with Crippen LogP contribution >= 0.6 is 0 Å². The number of rotatable bonds is 5. The number of hydrogen-bond acceptors (Lipinski definition) is 4. The normalized spacial score (nSPS) is 27.4. The fourth-order valence-electron chi connectivity index (χ4n) is 3.64. The number of aliphatic hydroxyl groups excluding tert-OH is 1. The predicted molar refractivity (Wildman–Crippen MR) is 82.8 cm³/mol. The first-order chi connectivity index (χ1) is 10.3. The quantitative estimate of drug-likeness (QED) is 0.818. The maximum Gasteiger partial charge on any atom is 0.119 e. The first-order valence-corrected chi connectivity index (χ1v) is 8.00. The highest BCUT2D eigenvalue weighted by Gasteiger charge is 2.38. The number of fused-ring (bicyclic) bond motifs is 3. The van der Waals surface area contributed by atoms with Crippen LogP contribution in [0, 0.1) is 5.92 Å². The Labute approximate surface area is 126 Å². The van der Waals surface area contributed by atoms with E-state index in [1.54, 1.807) is 7.11 Å². The van der Waals surface area contributed by atoms with E-state index in [0.29, 0.717) is 12.0 Å². The van der Waals surface area contributed by atoms with Gasteiger partial charge in [0.2, 0.25) is 0 Å². The molecule has 2 N–H and O–H groups in total. The molecule has 2 aliphatic rings. The van der Waals surface area contributed by atoms with E-state index in [1.807, 2.05) is 6.07 Å². The molecular weight excluding hydrogens is 266 g/mol. The standard InChI is InChI=1S/C17H25NO3/c1-20-12-7-8-16-14(11-12)17-13(5-4-10-21-17)15(18-16)6-2-3-9-19/h7-8,11,13,15,17-19H,2-6,9-10H2,1H3/t13-,15+,17-/m1/s1. The molecule has 4 nitrogen and oxygen atoms in total. The van der Waals surface area contributed by atoms with Crippen molar-refractivity contribution in [2.24, 2.45) is 5.92 Å². The molecule has 0 aliphatic carbocycles. The van der Waals surface area contributed by atoms with Gasteiger partial charge in [-0.15, -0.1) is 0 Å². The number of anilines is 1. The Bertz CT molecular complexity index is 477. The number of benzene rings is 1. The van der Waals surface area contributed by atoms with Crippen LogP contribution in [0.25, 0.3) is 0 Å². The van der Waals surface area contributed by atoms with E-state index < -0.39 is 0 Å². The summed E-state index contributed by atoms with van der Waals surface area (Å²) in [5, 5.41) is 12.7. The summed E-state index contributed by atoms with van der Waals surface area (Å²) in [4.78, 5) is 0. The van der Waals surface area contributed by atoms with Crippen molar-refractivity contribution in [1.29, 1.82) is 0 Å². The van der Waals surface area contributed by atoms with Gasteiger partial charge in [-0.05, 0) is 50.3 Å². The van der Waals surface area contributed by atoms with E-state index in [0.717, 1.165) is 38.0 Å². The van der Waals surface area contributed by atoms with Crippen LogP contribution in [0.2, 0.25) is 0 Å². The van der Waals surface area contributed by atoms with Crippen LogP contribution in [0.4, 0.5) is 5.69 Å². The van der Waals surface area contributed by atoms with Gasteiger partial charge in [0, 0.05) is 36.4 Å². The van der Waals surface area contributed by atoms with E-state index >= 15 is 0 Å². The summed E-state index contributed by atoms with van der Waals surface area (Å²) in [6.07, 6.45) is 5.56. The fraction of sp³-hybridized carbons (Fsp3) is 0.647. The van der Waals surface area contributed by atoms with Crippen molar-refractivity contribution in [3.8, 4) is 5.75 Å². The van der Waals surface area contributed by atoms with E-state index in [1.165, 1.54) is 17.7 Å². The van der Waals surface area contributed by atoms with Crippen LogP contribution < -0.4 is 10.1 Å². The maximum absolute atomic E-state index is 8.98. The molecule has 0 aromatic heterocycles. The van der Waals surface area contributed by atoms with Gasteiger partial charge in [-0.1, -0.05) is 0 Å². The Kier molecular flexibility index (Phi) is 4.66. The highest BCUT2D eigenvalue weighted by atomic mass is 16.5. The average molecular weight is 291 g/mol. The van der Waals surface area contributed by atoms with Gasteiger partial charge in [0.05, 0.1) is 13.2 Å². The van der Waals surface area contributed by atoms with Crippen molar-refractivity contribution < 1.29 is 14.6 Å². The first-order valence-electron chi connectivity index (χ1n) is 8.00. The van der Waals surface area contributed by atoms with Crippen LogP contribution in [0.3, 0.4) is 0 Å². The lowest BCUT2D eigenvalue weighted by atomic mass is 9.78. The van der Waals surface area contributed by atoms with E-state index in [-0.39, 0.29) is 12.7 Å². The molecule has 2 aliphatic heterocycles. The van der Waals surface area contributed by atoms with Crippen LogP contribution in [0.1, 0.15) is 43.8 Å². The Morgan fingerprint density at radius 3 is 3.10 bits per heavy atom. The zero-order valence-electron chi connectivity index (χ0n) is 12.7. The second-order valence-electron chi connectivity index (χ2n) is 6.02. The molecule has 21 heavy (non-hydrogen) atoms. The molecule has 1 aromatic carbocycles. The van der Waals surface area contributed by atoms with Crippen molar-refractivity contribution in [3.63, 3.8) is 0 Å². The summed E-state index contributed by atoms with van der Waals surface area (Å²) in [6, 6.07) is 6.65. The lowest BCUT2D eigenvalue weighted by molar-refractivity contribution is -0.0388. The zero-order chi connectivity index (χ0) is 14.7. The molecule has 0 bridgehead atoms. The second kappa shape index (κ2) is 6.67. The second-order valence-corrected chi connectivity index (χ2v) is 6.02. The Morgan fingerprint density at radius 1 is 1.38 bits per heavy atom. The van der Waals surface area contributed by atoms with Crippen molar-refractivity contribution in [3.05, 3.63) is 23.8 Å². The summed E-state index contributed by atoms with van der Waals surface area (Å²) in [5.74, 6) is 1.42. The van der Waals surface area contributed by atoms with Crippen molar-refractivity contribution in [2.45, 2.75) is 44.2 Å². The van der Waals surface area contributed by atoms with Crippen LogP contribution in [0.15, 0.2) is 18.2 Å². The molecule has 3 atom stereocenters. The zero-order valence-corrected chi connectivity index (χ0v) is 12.7. The molecule has 1 saturated heterocycles. The Morgan fingerprint density at radius 2 is 2.29 bits per heavy atom. The summed E-state index contributed by atoms with van der Waals surface area (Å²) in [5.41, 5.74) is 2.41. The van der Waals surface area contributed by atoms with Crippen LogP contribution in [-0.4, -0.2) is 31.5 Å². The Hall–Kier alpha value is -1.26. The summed E-state index contributed by atoms with van der Waals surface area (Å²) in [6.45, 7) is 1.13. The number of nitrogens with one attached hydrogen (secondary N) is 1. The van der Waals surface area contributed by atoms with Gasteiger partial charge in [0.1, 0.15) is 5.75 Å². The molecule has 0 spiro atoms. The lowest BCUT2D eigenvalue weighted by Gasteiger charge is -2.43. The molecular formula is C17H25NO3. The van der Waals surface area contributed by atoms with Gasteiger partial charge >= 0.3 is 0 Å². The molecule has 1 fully saturated rings. The number of aliphatic hydroxyl groups is 1. The smallest absolute Gasteiger partial charge is 0.119 e. The molecule has 0 saturated carbocycles. The molecule has 2 heterocycles. The van der Waals surface area contributed by atoms with Gasteiger partial charge < -0.3 is 19.9 Å². The number of unbranched alkanes of at least 4 members (excludes halogenated alkanes) is 1. The van der Waals surface area contributed by atoms with Gasteiger partial charge in [-0.2, -0.15) is 0 Å². The van der Waals surface area contributed by atoms with Crippen LogP contribution in [0.5, 0.6) is 5.75 Å². The lowest BCUT2D eigenvalue weighted by Crippen LogP contribution is -2.41. The highest BCUT2D eigenvalue weighted by molar-refractivity contribution is 5.58. The highest BCUT2D eigenvalue weighted by Crippen LogP contribution is 2.45. The molecule has 0 radical (unpaired) electrons. The van der Waals surface area contributed by atoms with Crippen LogP contribution in [-0.2, 0) is 4.74 Å². The van der Waals surface area contributed by atoms with Gasteiger partial charge in [-0.25, -0.2) is 0 Å². The topological polar surface area (TPSA) is 50.7 Å². The number of methoxy groups -OCH3 is 1. The minimum Gasteiger partial charge on any atom is -0.497 e. The third-order valence-corrected chi connectivity index (χ3v) is 4.71. The van der Waals surface area contributed by atoms with Gasteiger partial charge in [0.25, 0.3) is 0 Å². The monoisotopic (exact) mass is 291 g/mol. The molecule has 0 unspecified atom stereocenters. The van der Waals surface area contributed by atoms with Gasteiger partial charge in [0.15, 0.2) is 0 Å². The van der Waals surface area contributed by atoms with E-state index in [4.69, 9.17) is 14.6 Å². The van der Waals surface area contributed by atoms with E-state index in [9.17, 15) is 0 Å². The summed E-state index contributed by atoms with van der Waals surface area (Å²) in [7, 11) is 1.70. The molecule has 1 aromatic rings. The fourth-order valence-corrected chi connectivity index (χ4v) is 3.64. The van der Waals surface area contributed by atoms with Crippen molar-refractivity contribution in [2.75, 3.05) is 25.6 Å². The molecule has 3 rings (SSSR count). The summed E-state index contributed by atoms with van der Waals surface area (Å²) >= 11 is 0. The maximum atomic E-state index is 8.98. The van der Waals surface area contributed by atoms with E-state index in [2.05, 4.69) is 17.4 Å². The average Bonchev–Trinajstić information content (AvgIpc) is 2.55. The number of hydrogen-bond donors (Lipinski definition) is 2. The number of ether oxygens (including phenoxy) is 2. The molecule has 0 amide bonds. The summed E-state index contributed by atoms with van der Waals surface area (Å²) < 4.78 is 11.5. The Balaban J connectivity index is 1.83. The third kappa shape index (κ3) is 3.01. The third-order valence-electron chi connectivity index (χ3n) is 4.71. The molecule has 116 valence electrons. The predicted octanol–water partition coefficient (Wildman–Crippen LogP) is 3.12. The van der Waals surface area contributed by atoms with Gasteiger partial charge in [-0.3, -0.25) is 0 Å². The minimum atomic E-state index is 0.184.